The van der Waals surface area contributed by atoms with Gasteiger partial charge in [0.05, 0.1) is 0 Å². The minimum Gasteiger partial charge on any atom is -0.384 e. The Bertz CT molecular complexity index is 276. The second kappa shape index (κ2) is 3.77. The fourth-order valence-corrected chi connectivity index (χ4v) is 1.68. The monoisotopic (exact) mass is 220 g/mol. The molecular weight excluding hydrogens is 208 g/mol. The van der Waals surface area contributed by atoms with Crippen molar-refractivity contribution in [2.75, 3.05) is 6.26 Å². The molecule has 0 aromatic rings. The van der Waals surface area contributed by atoms with E-state index in [2.05, 4.69) is 10.3 Å². The predicted octanol–water partition coefficient (Wildman–Crippen LogP) is 0.740. The summed E-state index contributed by atoms with van der Waals surface area (Å²) in [6.45, 7) is 1.92. The third-order valence-electron chi connectivity index (χ3n) is 1.89. The Balaban J connectivity index is 3.03. The normalized spacial score (nSPS) is 28.5. The molecule has 0 aromatic heterocycles. The Morgan fingerprint density at radius 1 is 1.69 bits per heavy atom. The van der Waals surface area contributed by atoms with E-state index >= 15 is 0 Å². The quantitative estimate of drug-likeness (QED) is 0.609. The molecule has 1 unspecified atom stereocenters. The summed E-state index contributed by atoms with van der Waals surface area (Å²) in [6.07, 6.45) is 2.52. The molecule has 1 aliphatic rings. The topological polar surface area (TPSA) is 76.4 Å². The summed E-state index contributed by atoms with van der Waals surface area (Å²) in [6, 6.07) is 0. The van der Waals surface area contributed by atoms with Crippen LogP contribution in [0.2, 0.25) is 0 Å². The van der Waals surface area contributed by atoms with Crippen molar-refractivity contribution in [2.45, 2.75) is 19.0 Å². The zero-order chi connectivity index (χ0) is 10.1. The van der Waals surface area contributed by atoms with E-state index in [9.17, 15) is 0 Å². The fraction of sp³-hybridized carbons (Fsp3) is 0.571. The van der Waals surface area contributed by atoms with Crippen LogP contribution in [0.3, 0.4) is 0 Å². The maximum atomic E-state index is 5.95. The van der Waals surface area contributed by atoms with E-state index in [0.717, 1.165) is 0 Å². The SMILES string of the molecule is CCC1(N)N=C(SC)NC(N)=C1Cl. The van der Waals surface area contributed by atoms with Crippen LogP contribution in [0.4, 0.5) is 0 Å². The van der Waals surface area contributed by atoms with Gasteiger partial charge in [0.15, 0.2) is 10.8 Å². The number of rotatable bonds is 1. The molecule has 1 atom stereocenters. The summed E-state index contributed by atoms with van der Waals surface area (Å²) in [5.74, 6) is 0.394. The van der Waals surface area contributed by atoms with Crippen molar-refractivity contribution in [3.63, 3.8) is 0 Å². The van der Waals surface area contributed by atoms with Gasteiger partial charge in [-0.2, -0.15) is 0 Å². The van der Waals surface area contributed by atoms with Crippen LogP contribution in [0.15, 0.2) is 15.8 Å². The molecule has 13 heavy (non-hydrogen) atoms. The fourth-order valence-electron chi connectivity index (χ4n) is 0.992. The molecule has 0 bridgehead atoms. The molecule has 0 aromatic carbocycles. The molecule has 0 aliphatic carbocycles. The van der Waals surface area contributed by atoms with Crippen LogP contribution in [0.25, 0.3) is 0 Å². The lowest BCUT2D eigenvalue weighted by Gasteiger charge is -2.29. The predicted molar refractivity (Wildman–Crippen MR) is 58.4 cm³/mol. The van der Waals surface area contributed by atoms with Crippen LogP contribution < -0.4 is 16.8 Å². The van der Waals surface area contributed by atoms with E-state index in [1.54, 1.807) is 0 Å². The first-order chi connectivity index (χ1) is 6.03. The van der Waals surface area contributed by atoms with Crippen molar-refractivity contribution in [1.29, 1.82) is 0 Å². The van der Waals surface area contributed by atoms with E-state index in [4.69, 9.17) is 23.1 Å². The van der Waals surface area contributed by atoms with Gasteiger partial charge in [0, 0.05) is 0 Å². The zero-order valence-corrected chi connectivity index (χ0v) is 9.17. The molecule has 0 radical (unpaired) electrons. The van der Waals surface area contributed by atoms with Crippen molar-refractivity contribution in [2.24, 2.45) is 16.5 Å². The Morgan fingerprint density at radius 2 is 2.31 bits per heavy atom. The van der Waals surface area contributed by atoms with E-state index in [1.807, 2.05) is 13.2 Å². The van der Waals surface area contributed by atoms with Crippen LogP contribution in [0.5, 0.6) is 0 Å². The molecule has 74 valence electrons. The number of thioether (sulfide) groups is 1. The smallest absolute Gasteiger partial charge is 0.164 e. The van der Waals surface area contributed by atoms with Crippen molar-refractivity contribution in [3.05, 3.63) is 10.9 Å². The summed E-state index contributed by atoms with van der Waals surface area (Å²) >= 11 is 7.40. The standard InChI is InChI=1S/C7H13ClN4S/c1-3-7(10)4(8)5(9)11-6(12-7)13-2/h3,9-10H2,1-2H3,(H,11,12). The van der Waals surface area contributed by atoms with Gasteiger partial charge in [0.1, 0.15) is 10.9 Å². The molecule has 0 spiro atoms. The molecule has 1 aliphatic heterocycles. The lowest BCUT2D eigenvalue weighted by atomic mass is 10.1. The minimum absolute atomic E-state index is 0.382. The average Bonchev–Trinajstić information content (AvgIpc) is 2.13. The number of amidine groups is 1. The van der Waals surface area contributed by atoms with E-state index in [-0.39, 0.29) is 0 Å². The van der Waals surface area contributed by atoms with E-state index < -0.39 is 5.66 Å². The second-order valence-corrected chi connectivity index (χ2v) is 3.92. The molecule has 0 saturated carbocycles. The summed E-state index contributed by atoms with van der Waals surface area (Å²) in [7, 11) is 0. The highest BCUT2D eigenvalue weighted by molar-refractivity contribution is 8.13. The number of hydrogen-bond donors (Lipinski definition) is 3. The molecular formula is C7H13ClN4S. The first-order valence-electron chi connectivity index (χ1n) is 3.89. The molecule has 5 N–H and O–H groups in total. The second-order valence-electron chi connectivity index (χ2n) is 2.75. The third kappa shape index (κ3) is 1.92. The molecule has 0 saturated heterocycles. The maximum Gasteiger partial charge on any atom is 0.164 e. The highest BCUT2D eigenvalue weighted by Crippen LogP contribution is 2.28. The van der Waals surface area contributed by atoms with E-state index in [0.29, 0.717) is 22.4 Å². The Kier molecular flexibility index (Phi) is 3.10. The van der Waals surface area contributed by atoms with Crippen LogP contribution in [0, 0.1) is 0 Å². The van der Waals surface area contributed by atoms with Crippen LogP contribution in [0.1, 0.15) is 13.3 Å². The van der Waals surface area contributed by atoms with Gasteiger partial charge >= 0.3 is 0 Å². The van der Waals surface area contributed by atoms with Crippen molar-refractivity contribution < 1.29 is 0 Å². The van der Waals surface area contributed by atoms with Crippen molar-refractivity contribution in [1.82, 2.24) is 5.32 Å². The number of nitrogens with zero attached hydrogens (tertiary/aromatic N) is 1. The summed E-state index contributed by atoms with van der Waals surface area (Å²) in [5.41, 5.74) is 10.8. The van der Waals surface area contributed by atoms with Gasteiger partial charge in [-0.1, -0.05) is 30.3 Å². The number of halogens is 1. The summed E-state index contributed by atoms with van der Waals surface area (Å²) < 4.78 is 0. The van der Waals surface area contributed by atoms with Gasteiger partial charge in [-0.3, -0.25) is 0 Å². The Hall–Kier alpha value is -0.390. The molecule has 1 heterocycles. The third-order valence-corrected chi connectivity index (χ3v) is 3.00. The Morgan fingerprint density at radius 3 is 2.77 bits per heavy atom. The van der Waals surface area contributed by atoms with Gasteiger partial charge in [-0.15, -0.1) is 0 Å². The van der Waals surface area contributed by atoms with Crippen LogP contribution in [-0.2, 0) is 0 Å². The highest BCUT2D eigenvalue weighted by Gasteiger charge is 2.32. The summed E-state index contributed by atoms with van der Waals surface area (Å²) in [5, 5.41) is 3.95. The minimum atomic E-state index is -0.852. The molecule has 1 rings (SSSR count). The van der Waals surface area contributed by atoms with E-state index in [1.165, 1.54) is 11.8 Å². The van der Waals surface area contributed by atoms with Crippen molar-refractivity contribution >= 4 is 28.5 Å². The molecule has 0 amide bonds. The van der Waals surface area contributed by atoms with Gasteiger partial charge in [0.25, 0.3) is 0 Å². The maximum absolute atomic E-state index is 5.95. The lowest BCUT2D eigenvalue weighted by Crippen LogP contribution is -2.46. The Labute approximate surface area is 86.8 Å². The first kappa shape index (κ1) is 10.7. The molecule has 4 nitrogen and oxygen atoms in total. The number of aliphatic imine (C=N–C) groups is 1. The van der Waals surface area contributed by atoms with Crippen molar-refractivity contribution in [3.8, 4) is 0 Å². The highest BCUT2D eigenvalue weighted by atomic mass is 35.5. The number of nitrogens with one attached hydrogen (secondary N) is 1. The van der Waals surface area contributed by atoms with Gasteiger partial charge < -0.3 is 16.8 Å². The van der Waals surface area contributed by atoms with Crippen LogP contribution >= 0.6 is 23.4 Å². The average molecular weight is 221 g/mol. The molecule has 6 heteroatoms. The van der Waals surface area contributed by atoms with Gasteiger partial charge in [0.2, 0.25) is 0 Å². The number of nitrogens with two attached hydrogens (primary N) is 2. The lowest BCUT2D eigenvalue weighted by molar-refractivity contribution is 0.512. The largest absolute Gasteiger partial charge is 0.384 e. The van der Waals surface area contributed by atoms with Gasteiger partial charge in [-0.05, 0) is 12.7 Å². The number of hydrogen-bond acceptors (Lipinski definition) is 5. The first-order valence-corrected chi connectivity index (χ1v) is 5.49. The molecule has 0 fully saturated rings. The zero-order valence-electron chi connectivity index (χ0n) is 7.60. The van der Waals surface area contributed by atoms with Gasteiger partial charge in [-0.25, -0.2) is 4.99 Å². The van der Waals surface area contributed by atoms with Crippen LogP contribution in [-0.4, -0.2) is 17.1 Å². The summed E-state index contributed by atoms with van der Waals surface area (Å²) in [4.78, 5) is 4.26.